The molecular weight excluding hydrogens is 330 g/mol. The predicted molar refractivity (Wildman–Crippen MR) is 86.9 cm³/mol. The number of halogens is 1. The topological polar surface area (TPSA) is 38.3 Å². The van der Waals surface area contributed by atoms with Crippen molar-refractivity contribution in [1.82, 2.24) is 5.32 Å². The lowest BCUT2D eigenvalue weighted by Crippen LogP contribution is -2.39. The molecule has 0 aromatic heterocycles. The number of nitrogens with one attached hydrogen (secondary N) is 1. The lowest BCUT2D eigenvalue weighted by atomic mass is 10.1. The lowest BCUT2D eigenvalue weighted by Gasteiger charge is -2.16. The van der Waals surface area contributed by atoms with E-state index >= 15 is 0 Å². The standard InChI is InChI=1S/C17H18BrNO2/c1-21-17(20)16(11-13-7-9-15(18)10-8-13)19-12-14-5-3-2-4-6-14/h2-10,16,19H,11-12H2,1H3. The van der Waals surface area contributed by atoms with Gasteiger partial charge in [-0.2, -0.15) is 0 Å². The molecule has 0 heterocycles. The Hall–Kier alpha value is -1.65. The van der Waals surface area contributed by atoms with Crippen molar-refractivity contribution in [1.29, 1.82) is 0 Å². The highest BCUT2D eigenvalue weighted by molar-refractivity contribution is 9.10. The van der Waals surface area contributed by atoms with E-state index in [2.05, 4.69) is 21.2 Å². The van der Waals surface area contributed by atoms with Crippen LogP contribution < -0.4 is 5.32 Å². The molecule has 0 amide bonds. The van der Waals surface area contributed by atoms with Crippen LogP contribution in [0.5, 0.6) is 0 Å². The van der Waals surface area contributed by atoms with Gasteiger partial charge in [0.15, 0.2) is 0 Å². The highest BCUT2D eigenvalue weighted by Crippen LogP contribution is 2.12. The second-order valence-electron chi connectivity index (χ2n) is 4.77. The Morgan fingerprint density at radius 1 is 1.10 bits per heavy atom. The highest BCUT2D eigenvalue weighted by Gasteiger charge is 2.18. The Balaban J connectivity index is 2.01. The molecule has 0 fully saturated rings. The van der Waals surface area contributed by atoms with E-state index in [1.807, 2.05) is 54.6 Å². The van der Waals surface area contributed by atoms with Gasteiger partial charge in [-0.3, -0.25) is 4.79 Å². The normalized spacial score (nSPS) is 11.9. The number of carbonyl (C=O) groups is 1. The second kappa shape index (κ2) is 7.96. The predicted octanol–water partition coefficient (Wildman–Crippen LogP) is 3.32. The maximum atomic E-state index is 11.9. The molecule has 0 aliphatic heterocycles. The monoisotopic (exact) mass is 347 g/mol. The molecular formula is C17H18BrNO2. The van der Waals surface area contributed by atoms with Gasteiger partial charge in [0.2, 0.25) is 0 Å². The Kier molecular flexibility index (Phi) is 5.96. The molecule has 3 nitrogen and oxygen atoms in total. The molecule has 110 valence electrons. The summed E-state index contributed by atoms with van der Waals surface area (Å²) >= 11 is 3.41. The van der Waals surface area contributed by atoms with Crippen LogP contribution >= 0.6 is 15.9 Å². The Morgan fingerprint density at radius 3 is 2.38 bits per heavy atom. The molecule has 0 aliphatic rings. The van der Waals surface area contributed by atoms with E-state index < -0.39 is 0 Å². The second-order valence-corrected chi connectivity index (χ2v) is 5.69. The first kappa shape index (κ1) is 15.7. The fourth-order valence-corrected chi connectivity index (χ4v) is 2.34. The highest BCUT2D eigenvalue weighted by atomic mass is 79.9. The third-order valence-corrected chi connectivity index (χ3v) is 3.76. The van der Waals surface area contributed by atoms with Gasteiger partial charge in [0.1, 0.15) is 6.04 Å². The molecule has 2 aromatic carbocycles. The van der Waals surface area contributed by atoms with E-state index in [0.29, 0.717) is 13.0 Å². The minimum Gasteiger partial charge on any atom is -0.468 e. The summed E-state index contributed by atoms with van der Waals surface area (Å²) in [5.41, 5.74) is 2.23. The fourth-order valence-electron chi connectivity index (χ4n) is 2.07. The van der Waals surface area contributed by atoms with E-state index in [0.717, 1.165) is 15.6 Å². The first-order chi connectivity index (χ1) is 10.2. The third-order valence-electron chi connectivity index (χ3n) is 3.23. The molecule has 0 spiro atoms. The van der Waals surface area contributed by atoms with Crippen molar-refractivity contribution in [2.24, 2.45) is 0 Å². The van der Waals surface area contributed by atoms with Crippen LogP contribution in [0.2, 0.25) is 0 Å². The van der Waals surface area contributed by atoms with Gasteiger partial charge >= 0.3 is 5.97 Å². The van der Waals surface area contributed by atoms with Crippen molar-refractivity contribution in [2.75, 3.05) is 7.11 Å². The zero-order valence-electron chi connectivity index (χ0n) is 11.9. The van der Waals surface area contributed by atoms with Crippen LogP contribution in [0.25, 0.3) is 0 Å². The number of benzene rings is 2. The minimum absolute atomic E-state index is 0.242. The fraction of sp³-hybridized carbons (Fsp3) is 0.235. The average molecular weight is 348 g/mol. The average Bonchev–Trinajstić information content (AvgIpc) is 2.53. The molecule has 4 heteroatoms. The van der Waals surface area contributed by atoms with Crippen LogP contribution in [0.15, 0.2) is 59.1 Å². The number of rotatable bonds is 6. The van der Waals surface area contributed by atoms with Crippen LogP contribution in [0.3, 0.4) is 0 Å². The number of hydrogen-bond acceptors (Lipinski definition) is 3. The molecule has 0 aliphatic carbocycles. The molecule has 2 aromatic rings. The Morgan fingerprint density at radius 2 is 1.76 bits per heavy atom. The van der Waals surface area contributed by atoms with Gasteiger partial charge in [-0.15, -0.1) is 0 Å². The quantitative estimate of drug-likeness (QED) is 0.814. The van der Waals surface area contributed by atoms with E-state index in [4.69, 9.17) is 4.74 Å². The Labute approximate surface area is 133 Å². The summed E-state index contributed by atoms with van der Waals surface area (Å²) in [5, 5.41) is 3.26. The first-order valence-electron chi connectivity index (χ1n) is 6.78. The van der Waals surface area contributed by atoms with E-state index in [1.54, 1.807) is 0 Å². The summed E-state index contributed by atoms with van der Waals surface area (Å²) in [6.07, 6.45) is 0.604. The number of carbonyl (C=O) groups excluding carboxylic acids is 1. The number of ether oxygens (including phenoxy) is 1. The van der Waals surface area contributed by atoms with Gasteiger partial charge in [0.25, 0.3) is 0 Å². The van der Waals surface area contributed by atoms with Gasteiger partial charge in [0, 0.05) is 11.0 Å². The Bertz CT molecular complexity index is 569. The SMILES string of the molecule is COC(=O)C(Cc1ccc(Br)cc1)NCc1ccccc1. The first-order valence-corrected chi connectivity index (χ1v) is 7.58. The summed E-state index contributed by atoms with van der Waals surface area (Å²) in [7, 11) is 1.42. The van der Waals surface area contributed by atoms with Crippen LogP contribution in [0.4, 0.5) is 0 Å². The van der Waals surface area contributed by atoms with E-state index in [9.17, 15) is 4.79 Å². The summed E-state index contributed by atoms with van der Waals surface area (Å²) < 4.78 is 5.91. The largest absolute Gasteiger partial charge is 0.468 e. The van der Waals surface area contributed by atoms with Crippen LogP contribution in [-0.4, -0.2) is 19.1 Å². The molecule has 1 N–H and O–H groups in total. The molecule has 0 bridgehead atoms. The molecule has 0 radical (unpaired) electrons. The molecule has 2 rings (SSSR count). The summed E-state index contributed by atoms with van der Waals surface area (Å²) in [6, 6.07) is 17.6. The van der Waals surface area contributed by atoms with Crippen LogP contribution in [0, 0.1) is 0 Å². The summed E-state index contributed by atoms with van der Waals surface area (Å²) in [5.74, 6) is -0.242. The molecule has 21 heavy (non-hydrogen) atoms. The number of methoxy groups -OCH3 is 1. The molecule has 0 saturated heterocycles. The van der Waals surface area contributed by atoms with Crippen molar-refractivity contribution >= 4 is 21.9 Å². The zero-order valence-corrected chi connectivity index (χ0v) is 13.5. The minimum atomic E-state index is -0.351. The van der Waals surface area contributed by atoms with Crippen molar-refractivity contribution in [2.45, 2.75) is 19.0 Å². The van der Waals surface area contributed by atoms with Gasteiger partial charge < -0.3 is 10.1 Å². The lowest BCUT2D eigenvalue weighted by molar-refractivity contribution is -0.143. The smallest absolute Gasteiger partial charge is 0.323 e. The molecule has 1 unspecified atom stereocenters. The third kappa shape index (κ3) is 4.99. The number of hydrogen-bond donors (Lipinski definition) is 1. The molecule has 1 atom stereocenters. The summed E-state index contributed by atoms with van der Waals surface area (Å²) in [6.45, 7) is 0.636. The summed E-state index contributed by atoms with van der Waals surface area (Å²) in [4.78, 5) is 11.9. The van der Waals surface area contributed by atoms with Gasteiger partial charge in [0.05, 0.1) is 7.11 Å². The van der Waals surface area contributed by atoms with Crippen molar-refractivity contribution in [3.05, 3.63) is 70.2 Å². The van der Waals surface area contributed by atoms with Crippen LogP contribution in [0.1, 0.15) is 11.1 Å². The maximum absolute atomic E-state index is 11.9. The van der Waals surface area contributed by atoms with Gasteiger partial charge in [-0.25, -0.2) is 0 Å². The van der Waals surface area contributed by atoms with Crippen molar-refractivity contribution in [3.63, 3.8) is 0 Å². The van der Waals surface area contributed by atoms with Crippen LogP contribution in [-0.2, 0) is 22.5 Å². The van der Waals surface area contributed by atoms with Crippen molar-refractivity contribution < 1.29 is 9.53 Å². The van der Waals surface area contributed by atoms with Gasteiger partial charge in [-0.05, 0) is 29.7 Å². The maximum Gasteiger partial charge on any atom is 0.323 e. The van der Waals surface area contributed by atoms with Crippen molar-refractivity contribution in [3.8, 4) is 0 Å². The number of esters is 1. The van der Waals surface area contributed by atoms with E-state index in [-0.39, 0.29) is 12.0 Å². The van der Waals surface area contributed by atoms with E-state index in [1.165, 1.54) is 7.11 Å². The van der Waals surface area contributed by atoms with Gasteiger partial charge in [-0.1, -0.05) is 58.4 Å². The molecule has 0 saturated carbocycles. The zero-order chi connectivity index (χ0) is 15.1.